The zero-order valence-electron chi connectivity index (χ0n) is 16.2. The lowest BCUT2D eigenvalue weighted by atomic mass is 10.0. The van der Waals surface area contributed by atoms with Crippen molar-refractivity contribution < 1.29 is 4.79 Å². The van der Waals surface area contributed by atoms with Crippen LogP contribution in [0.5, 0.6) is 0 Å². The van der Waals surface area contributed by atoms with E-state index in [1.807, 2.05) is 44.2 Å². The Balaban J connectivity index is 1.59. The van der Waals surface area contributed by atoms with Crippen LogP contribution < -0.4 is 15.5 Å². The molecule has 1 amide bonds. The van der Waals surface area contributed by atoms with E-state index in [9.17, 15) is 4.79 Å². The van der Waals surface area contributed by atoms with E-state index < -0.39 is 0 Å². The minimum atomic E-state index is -0.200. The average Bonchev–Trinajstić information content (AvgIpc) is 2.65. The second-order valence-electron chi connectivity index (χ2n) is 7.29. The van der Waals surface area contributed by atoms with Crippen LogP contribution in [0.4, 0.5) is 11.4 Å². The molecule has 5 heteroatoms. The summed E-state index contributed by atoms with van der Waals surface area (Å²) in [6.07, 6.45) is 3.80. The zero-order valence-corrected chi connectivity index (χ0v) is 17.0. The molecule has 0 spiro atoms. The fourth-order valence-electron chi connectivity index (χ4n) is 3.44. The third-order valence-electron chi connectivity index (χ3n) is 5.26. The lowest BCUT2D eigenvalue weighted by molar-refractivity contribution is 0.0977. The van der Waals surface area contributed by atoms with Gasteiger partial charge in [-0.2, -0.15) is 0 Å². The number of hydrogen-bond acceptors (Lipinski definition) is 3. The fraction of sp³-hybridized carbons (Fsp3) is 0.364. The van der Waals surface area contributed by atoms with E-state index in [4.69, 9.17) is 12.2 Å². The first-order valence-electron chi connectivity index (χ1n) is 9.50. The molecule has 1 atom stereocenters. The number of hydrogen-bond donors (Lipinski definition) is 2. The van der Waals surface area contributed by atoms with E-state index in [0.29, 0.717) is 16.7 Å². The molecule has 1 heterocycles. The number of benzene rings is 2. The number of nitrogens with one attached hydrogen (secondary N) is 2. The van der Waals surface area contributed by atoms with Crippen LogP contribution in [0.2, 0.25) is 0 Å². The molecule has 3 rings (SSSR count). The van der Waals surface area contributed by atoms with E-state index >= 15 is 0 Å². The van der Waals surface area contributed by atoms with E-state index in [1.165, 1.54) is 24.9 Å². The maximum Gasteiger partial charge on any atom is 0.257 e. The first-order chi connectivity index (χ1) is 12.9. The Morgan fingerprint density at radius 2 is 1.81 bits per heavy atom. The fourth-order valence-corrected chi connectivity index (χ4v) is 3.65. The largest absolute Gasteiger partial charge is 0.369 e. The van der Waals surface area contributed by atoms with Crippen LogP contribution in [-0.4, -0.2) is 23.6 Å². The van der Waals surface area contributed by atoms with Gasteiger partial charge in [-0.25, -0.2) is 0 Å². The van der Waals surface area contributed by atoms with Crippen molar-refractivity contribution in [3.63, 3.8) is 0 Å². The molecular formula is C22H27N3OS. The van der Waals surface area contributed by atoms with Crippen LogP contribution in [0.25, 0.3) is 0 Å². The van der Waals surface area contributed by atoms with Crippen molar-refractivity contribution in [2.75, 3.05) is 16.8 Å². The number of thiocarbonyl (C=S) groups is 1. The summed E-state index contributed by atoms with van der Waals surface area (Å²) in [5.41, 5.74) is 4.96. The van der Waals surface area contributed by atoms with E-state index in [-0.39, 0.29) is 5.91 Å². The zero-order chi connectivity index (χ0) is 19.4. The number of anilines is 2. The summed E-state index contributed by atoms with van der Waals surface area (Å²) in [6, 6.07) is 14.4. The summed E-state index contributed by atoms with van der Waals surface area (Å²) >= 11 is 5.29. The molecule has 1 saturated heterocycles. The standard InChI is InChI=1S/C22H27N3OS/c1-15-7-8-18(14-16(15)2)21(26)24-22(27)23-19-9-11-20(12-10-19)25-13-5-4-6-17(25)3/h7-12,14,17H,4-6,13H2,1-3H3,(H2,23,24,26,27)/t17-/m0/s1. The van der Waals surface area contributed by atoms with Gasteiger partial charge in [0.15, 0.2) is 5.11 Å². The number of nitrogens with zero attached hydrogens (tertiary/aromatic N) is 1. The minimum Gasteiger partial charge on any atom is -0.369 e. The van der Waals surface area contributed by atoms with Gasteiger partial charge in [0, 0.05) is 29.5 Å². The summed E-state index contributed by atoms with van der Waals surface area (Å²) in [5, 5.41) is 6.14. The summed E-state index contributed by atoms with van der Waals surface area (Å²) < 4.78 is 0. The Kier molecular flexibility index (Phi) is 6.11. The van der Waals surface area contributed by atoms with Gasteiger partial charge in [-0.3, -0.25) is 10.1 Å². The molecule has 142 valence electrons. The van der Waals surface area contributed by atoms with Crippen molar-refractivity contribution in [2.24, 2.45) is 0 Å². The Hall–Kier alpha value is -2.40. The number of aryl methyl sites for hydroxylation is 2. The van der Waals surface area contributed by atoms with E-state index in [2.05, 4.69) is 34.6 Å². The molecule has 0 radical (unpaired) electrons. The minimum absolute atomic E-state index is 0.200. The number of rotatable bonds is 3. The second kappa shape index (κ2) is 8.53. The molecule has 1 fully saturated rings. The summed E-state index contributed by atoms with van der Waals surface area (Å²) in [7, 11) is 0. The molecule has 0 aromatic heterocycles. The quantitative estimate of drug-likeness (QED) is 0.749. The molecule has 1 aliphatic rings. The lowest BCUT2D eigenvalue weighted by Gasteiger charge is -2.35. The first kappa shape index (κ1) is 19.4. The van der Waals surface area contributed by atoms with Gasteiger partial charge in [0.2, 0.25) is 0 Å². The van der Waals surface area contributed by atoms with Crippen LogP contribution in [0, 0.1) is 13.8 Å². The second-order valence-corrected chi connectivity index (χ2v) is 7.70. The highest BCUT2D eigenvalue weighted by atomic mass is 32.1. The summed E-state index contributed by atoms with van der Waals surface area (Å²) in [6.45, 7) is 7.41. The van der Waals surface area contributed by atoms with Gasteiger partial charge in [0.05, 0.1) is 0 Å². The number of piperidine rings is 1. The number of carbonyl (C=O) groups excluding carboxylic acids is 1. The molecule has 2 aromatic rings. The van der Waals surface area contributed by atoms with Crippen molar-refractivity contribution >= 4 is 34.6 Å². The Labute approximate surface area is 167 Å². The Bertz CT molecular complexity index is 832. The maximum atomic E-state index is 12.4. The summed E-state index contributed by atoms with van der Waals surface area (Å²) in [5.74, 6) is -0.200. The van der Waals surface area contributed by atoms with Crippen molar-refractivity contribution in [1.82, 2.24) is 5.32 Å². The molecule has 4 nitrogen and oxygen atoms in total. The number of amides is 1. The van der Waals surface area contributed by atoms with Crippen LogP contribution in [0.3, 0.4) is 0 Å². The van der Waals surface area contributed by atoms with Gasteiger partial charge < -0.3 is 10.2 Å². The average molecular weight is 382 g/mol. The monoisotopic (exact) mass is 381 g/mol. The van der Waals surface area contributed by atoms with Gasteiger partial charge >= 0.3 is 0 Å². The molecule has 2 aromatic carbocycles. The highest BCUT2D eigenvalue weighted by Crippen LogP contribution is 2.25. The van der Waals surface area contributed by atoms with E-state index in [1.54, 1.807) is 0 Å². The van der Waals surface area contributed by atoms with Gasteiger partial charge in [-0.1, -0.05) is 6.07 Å². The maximum absolute atomic E-state index is 12.4. The van der Waals surface area contributed by atoms with Crippen LogP contribution in [0.15, 0.2) is 42.5 Å². The van der Waals surface area contributed by atoms with Crippen LogP contribution >= 0.6 is 12.2 Å². The van der Waals surface area contributed by atoms with Crippen molar-refractivity contribution in [1.29, 1.82) is 0 Å². The Morgan fingerprint density at radius 3 is 2.48 bits per heavy atom. The van der Waals surface area contributed by atoms with E-state index in [0.717, 1.165) is 23.4 Å². The third-order valence-corrected chi connectivity index (χ3v) is 5.46. The van der Waals surface area contributed by atoms with Crippen LogP contribution in [-0.2, 0) is 0 Å². The molecule has 0 bridgehead atoms. The highest BCUT2D eigenvalue weighted by molar-refractivity contribution is 7.80. The highest BCUT2D eigenvalue weighted by Gasteiger charge is 2.18. The first-order valence-corrected chi connectivity index (χ1v) is 9.91. The lowest BCUT2D eigenvalue weighted by Crippen LogP contribution is -2.37. The van der Waals surface area contributed by atoms with Crippen molar-refractivity contribution in [3.8, 4) is 0 Å². The van der Waals surface area contributed by atoms with Gasteiger partial charge in [-0.05, 0) is 99.8 Å². The molecule has 0 aliphatic carbocycles. The summed E-state index contributed by atoms with van der Waals surface area (Å²) in [4.78, 5) is 14.8. The van der Waals surface area contributed by atoms with Crippen LogP contribution in [0.1, 0.15) is 47.7 Å². The van der Waals surface area contributed by atoms with Gasteiger partial charge in [0.1, 0.15) is 0 Å². The predicted octanol–water partition coefficient (Wildman–Crippen LogP) is 4.81. The van der Waals surface area contributed by atoms with Gasteiger partial charge in [0.25, 0.3) is 5.91 Å². The third kappa shape index (κ3) is 4.86. The molecule has 0 saturated carbocycles. The molecule has 27 heavy (non-hydrogen) atoms. The Morgan fingerprint density at radius 1 is 1.07 bits per heavy atom. The normalized spacial score (nSPS) is 16.7. The SMILES string of the molecule is Cc1ccc(C(=O)NC(=S)Nc2ccc(N3CCCC[C@@H]3C)cc2)cc1C. The van der Waals surface area contributed by atoms with Gasteiger partial charge in [-0.15, -0.1) is 0 Å². The molecule has 0 unspecified atom stereocenters. The topological polar surface area (TPSA) is 44.4 Å². The van der Waals surface area contributed by atoms with Crippen molar-refractivity contribution in [2.45, 2.75) is 46.1 Å². The molecular weight excluding hydrogens is 354 g/mol. The smallest absolute Gasteiger partial charge is 0.257 e. The molecule has 2 N–H and O–H groups in total. The van der Waals surface area contributed by atoms with Crippen molar-refractivity contribution in [3.05, 3.63) is 59.2 Å². The molecule has 1 aliphatic heterocycles. The predicted molar refractivity (Wildman–Crippen MR) is 117 cm³/mol. The number of carbonyl (C=O) groups is 1.